The van der Waals surface area contributed by atoms with Crippen molar-refractivity contribution in [1.29, 1.82) is 0 Å². The zero-order chi connectivity index (χ0) is 21.4. The van der Waals surface area contributed by atoms with Crippen molar-refractivity contribution in [2.75, 3.05) is 14.2 Å². The summed E-state index contributed by atoms with van der Waals surface area (Å²) in [5, 5.41) is 7.95. The van der Waals surface area contributed by atoms with E-state index in [0.29, 0.717) is 22.9 Å². The van der Waals surface area contributed by atoms with Crippen LogP contribution in [0.15, 0.2) is 52.4 Å². The highest BCUT2D eigenvalue weighted by Gasteiger charge is 2.27. The molecule has 0 saturated heterocycles. The summed E-state index contributed by atoms with van der Waals surface area (Å²) in [6.07, 6.45) is 0. The minimum atomic E-state index is -3.82. The van der Waals surface area contributed by atoms with Crippen molar-refractivity contribution in [1.82, 2.24) is 15.0 Å². The minimum Gasteiger partial charge on any atom is -0.497 e. The maximum atomic E-state index is 13.2. The van der Waals surface area contributed by atoms with Crippen molar-refractivity contribution in [3.05, 3.63) is 53.7 Å². The van der Waals surface area contributed by atoms with E-state index in [1.807, 2.05) is 12.1 Å². The molecule has 0 N–H and O–H groups in total. The fraction of sp³-hybridized carbons (Fsp3) is 0.300. The van der Waals surface area contributed by atoms with Gasteiger partial charge in [-0.3, -0.25) is 0 Å². The SMILES string of the molecule is COc1ccc(OC)c(-n2nnc(S(=O)(=O)c3ccc(C(C)(C)I)cc3)c2C)c1. The van der Waals surface area contributed by atoms with E-state index >= 15 is 0 Å². The number of alkyl halides is 1. The summed E-state index contributed by atoms with van der Waals surface area (Å²) < 4.78 is 38.3. The molecule has 0 atom stereocenters. The number of hydrogen-bond acceptors (Lipinski definition) is 6. The van der Waals surface area contributed by atoms with Crippen molar-refractivity contribution in [3.63, 3.8) is 0 Å². The largest absolute Gasteiger partial charge is 0.497 e. The zero-order valence-electron chi connectivity index (χ0n) is 16.8. The van der Waals surface area contributed by atoms with Crippen LogP contribution >= 0.6 is 22.6 Å². The summed E-state index contributed by atoms with van der Waals surface area (Å²) in [5.41, 5.74) is 1.97. The molecule has 0 aliphatic heterocycles. The summed E-state index contributed by atoms with van der Waals surface area (Å²) in [6, 6.07) is 12.1. The van der Waals surface area contributed by atoms with E-state index in [9.17, 15) is 8.42 Å². The predicted octanol–water partition coefficient (Wildman–Crippen LogP) is 4.10. The lowest BCUT2D eigenvalue weighted by Gasteiger charge is -2.17. The maximum Gasteiger partial charge on any atom is 0.227 e. The highest BCUT2D eigenvalue weighted by Crippen LogP contribution is 2.33. The lowest BCUT2D eigenvalue weighted by Crippen LogP contribution is -2.09. The van der Waals surface area contributed by atoms with Gasteiger partial charge in [0.05, 0.1) is 24.8 Å². The second-order valence-electron chi connectivity index (χ2n) is 6.93. The predicted molar refractivity (Wildman–Crippen MR) is 118 cm³/mol. The van der Waals surface area contributed by atoms with Crippen LogP contribution in [0, 0.1) is 6.92 Å². The third-order valence-corrected chi connectivity index (χ3v) is 6.97. The molecule has 0 unspecified atom stereocenters. The first-order chi connectivity index (χ1) is 13.6. The number of rotatable bonds is 6. The number of hydrogen-bond donors (Lipinski definition) is 0. The summed E-state index contributed by atoms with van der Waals surface area (Å²) in [5.74, 6) is 1.12. The number of benzene rings is 2. The van der Waals surface area contributed by atoms with Crippen LogP contribution in [-0.4, -0.2) is 37.6 Å². The molecule has 3 rings (SSSR count). The Hall–Kier alpha value is -2.14. The Morgan fingerprint density at radius 1 is 1.03 bits per heavy atom. The molecule has 3 aromatic rings. The monoisotopic (exact) mass is 527 g/mol. The van der Waals surface area contributed by atoms with Crippen molar-refractivity contribution < 1.29 is 17.9 Å². The van der Waals surface area contributed by atoms with E-state index in [-0.39, 0.29) is 13.3 Å². The molecule has 0 aliphatic carbocycles. The molecular weight excluding hydrogens is 505 g/mol. The van der Waals surface area contributed by atoms with Gasteiger partial charge in [-0.1, -0.05) is 39.9 Å². The molecule has 1 aromatic heterocycles. The Morgan fingerprint density at radius 2 is 1.69 bits per heavy atom. The van der Waals surface area contributed by atoms with Crippen LogP contribution in [0.3, 0.4) is 0 Å². The van der Waals surface area contributed by atoms with Gasteiger partial charge in [0.25, 0.3) is 0 Å². The maximum absolute atomic E-state index is 13.2. The van der Waals surface area contributed by atoms with Crippen LogP contribution in [-0.2, 0) is 13.3 Å². The Balaban J connectivity index is 2.07. The van der Waals surface area contributed by atoms with Gasteiger partial charge in [-0.2, -0.15) is 0 Å². The van der Waals surface area contributed by atoms with Crippen LogP contribution < -0.4 is 9.47 Å². The van der Waals surface area contributed by atoms with Crippen LogP contribution in [0.2, 0.25) is 0 Å². The number of ether oxygens (including phenoxy) is 2. The molecule has 0 fully saturated rings. The third-order valence-electron chi connectivity index (χ3n) is 4.57. The average molecular weight is 527 g/mol. The molecule has 154 valence electrons. The van der Waals surface area contributed by atoms with Gasteiger partial charge in [-0.25, -0.2) is 13.1 Å². The standard InChI is InChI=1S/C20H22IN3O4S/c1-13-19(29(25,26)16-9-6-14(7-10-16)20(2,3)21)22-23-24(13)17-12-15(27-4)8-11-18(17)28-5/h6-12H,1-5H3. The van der Waals surface area contributed by atoms with Gasteiger partial charge in [0, 0.05) is 9.49 Å². The normalized spacial score (nSPS) is 12.1. The molecule has 29 heavy (non-hydrogen) atoms. The van der Waals surface area contributed by atoms with E-state index < -0.39 is 9.84 Å². The van der Waals surface area contributed by atoms with Crippen molar-refractivity contribution in [2.45, 2.75) is 34.1 Å². The second-order valence-corrected chi connectivity index (χ2v) is 11.5. The minimum absolute atomic E-state index is 0.0937. The van der Waals surface area contributed by atoms with Crippen LogP contribution in [0.5, 0.6) is 11.5 Å². The number of sulfone groups is 1. The number of halogens is 1. The number of aromatic nitrogens is 3. The summed E-state index contributed by atoms with van der Waals surface area (Å²) in [6.45, 7) is 5.79. The fourth-order valence-electron chi connectivity index (χ4n) is 2.90. The van der Waals surface area contributed by atoms with Gasteiger partial charge in [0.15, 0.2) is 0 Å². The zero-order valence-corrected chi connectivity index (χ0v) is 19.8. The molecule has 9 heteroatoms. The van der Waals surface area contributed by atoms with E-state index in [1.165, 1.54) is 11.8 Å². The van der Waals surface area contributed by atoms with E-state index in [4.69, 9.17) is 9.47 Å². The molecule has 0 spiro atoms. The molecule has 7 nitrogen and oxygen atoms in total. The molecule has 2 aromatic carbocycles. The van der Waals surface area contributed by atoms with E-state index in [1.54, 1.807) is 44.4 Å². The van der Waals surface area contributed by atoms with Gasteiger partial charge < -0.3 is 9.47 Å². The van der Waals surface area contributed by atoms with Gasteiger partial charge in [-0.15, -0.1) is 5.10 Å². The smallest absolute Gasteiger partial charge is 0.227 e. The summed E-state index contributed by atoms with van der Waals surface area (Å²) in [4.78, 5) is 0.176. The van der Waals surface area contributed by atoms with Crippen molar-refractivity contribution in [2.24, 2.45) is 0 Å². The van der Waals surface area contributed by atoms with Crippen LogP contribution in [0.1, 0.15) is 25.1 Å². The lowest BCUT2D eigenvalue weighted by atomic mass is 10.0. The van der Waals surface area contributed by atoms with Crippen LogP contribution in [0.25, 0.3) is 5.69 Å². The topological polar surface area (TPSA) is 83.3 Å². The van der Waals surface area contributed by atoms with Gasteiger partial charge in [0.1, 0.15) is 17.2 Å². The molecule has 0 amide bonds. The van der Waals surface area contributed by atoms with Gasteiger partial charge in [-0.05, 0) is 50.6 Å². The fourth-order valence-corrected chi connectivity index (χ4v) is 4.59. The van der Waals surface area contributed by atoms with E-state index in [0.717, 1.165) is 5.56 Å². The van der Waals surface area contributed by atoms with Gasteiger partial charge >= 0.3 is 0 Å². The first kappa shape index (κ1) is 21.6. The molecule has 1 heterocycles. The Labute approximate surface area is 184 Å². The summed E-state index contributed by atoms with van der Waals surface area (Å²) in [7, 11) is -0.738. The van der Waals surface area contributed by atoms with Crippen LogP contribution in [0.4, 0.5) is 0 Å². The highest BCUT2D eigenvalue weighted by molar-refractivity contribution is 14.1. The Morgan fingerprint density at radius 3 is 2.24 bits per heavy atom. The molecule has 0 radical (unpaired) electrons. The average Bonchev–Trinajstić information content (AvgIpc) is 3.08. The second kappa shape index (κ2) is 7.94. The van der Waals surface area contributed by atoms with Crippen molar-refractivity contribution in [3.8, 4) is 17.2 Å². The first-order valence-electron chi connectivity index (χ1n) is 8.79. The third kappa shape index (κ3) is 4.11. The molecule has 0 aliphatic rings. The highest BCUT2D eigenvalue weighted by atomic mass is 127. The lowest BCUT2D eigenvalue weighted by molar-refractivity contribution is 0.400. The van der Waals surface area contributed by atoms with Gasteiger partial charge in [0.2, 0.25) is 14.9 Å². The molecular formula is C20H22IN3O4S. The number of nitrogens with zero attached hydrogens (tertiary/aromatic N) is 3. The quantitative estimate of drug-likeness (QED) is 0.355. The van der Waals surface area contributed by atoms with Crippen molar-refractivity contribution >= 4 is 32.4 Å². The number of methoxy groups -OCH3 is 2. The molecule has 0 saturated carbocycles. The van der Waals surface area contributed by atoms with E-state index in [2.05, 4.69) is 46.8 Å². The first-order valence-corrected chi connectivity index (χ1v) is 11.3. The Kier molecular flexibility index (Phi) is 5.91. The Bertz CT molecular complexity index is 1130. The molecule has 0 bridgehead atoms. The summed E-state index contributed by atoms with van der Waals surface area (Å²) >= 11 is 2.32.